The van der Waals surface area contributed by atoms with E-state index in [0.717, 1.165) is 32.6 Å². The lowest BCUT2D eigenvalue weighted by Gasteiger charge is -2.19. The number of rotatable bonds is 4. The zero-order valence-electron chi connectivity index (χ0n) is 13.7. The highest BCUT2D eigenvalue weighted by molar-refractivity contribution is 5.76. The first-order valence-electron chi connectivity index (χ1n) is 8.21. The third kappa shape index (κ3) is 3.97. The van der Waals surface area contributed by atoms with Crippen molar-refractivity contribution in [3.05, 3.63) is 35.5 Å². The number of aromatic nitrogens is 2. The van der Waals surface area contributed by atoms with Crippen LogP contribution in [0.3, 0.4) is 0 Å². The molecular formula is C17H21FN4O2. The normalized spacial score (nSPS) is 15.3. The predicted molar refractivity (Wildman–Crippen MR) is 86.8 cm³/mol. The molecule has 0 atom stereocenters. The van der Waals surface area contributed by atoms with Gasteiger partial charge in [-0.3, -0.25) is 4.79 Å². The molecule has 1 N–H and O–H groups in total. The number of halogens is 1. The molecule has 0 spiro atoms. The summed E-state index contributed by atoms with van der Waals surface area (Å²) in [6.45, 7) is 4.99. The number of carbonyl (C=O) groups is 1. The molecular weight excluding hydrogens is 311 g/mol. The molecule has 0 bridgehead atoms. The molecule has 0 saturated carbocycles. The first kappa shape index (κ1) is 16.6. The van der Waals surface area contributed by atoms with Crippen LogP contribution in [-0.2, 0) is 11.2 Å². The van der Waals surface area contributed by atoms with Crippen LogP contribution in [0.4, 0.5) is 4.39 Å². The van der Waals surface area contributed by atoms with Gasteiger partial charge in [0, 0.05) is 38.0 Å². The fourth-order valence-corrected chi connectivity index (χ4v) is 2.67. The van der Waals surface area contributed by atoms with Gasteiger partial charge in [-0.1, -0.05) is 17.3 Å². The van der Waals surface area contributed by atoms with Crippen LogP contribution >= 0.6 is 0 Å². The van der Waals surface area contributed by atoms with Crippen molar-refractivity contribution in [1.29, 1.82) is 0 Å². The highest BCUT2D eigenvalue weighted by Crippen LogP contribution is 2.19. The second kappa shape index (κ2) is 7.53. The Kier molecular flexibility index (Phi) is 5.20. The number of amides is 1. The third-order valence-corrected chi connectivity index (χ3v) is 4.14. The van der Waals surface area contributed by atoms with Crippen LogP contribution in [0.15, 0.2) is 22.7 Å². The fourth-order valence-electron chi connectivity index (χ4n) is 2.67. The lowest BCUT2D eigenvalue weighted by Crippen LogP contribution is -2.34. The summed E-state index contributed by atoms with van der Waals surface area (Å²) in [5.41, 5.74) is 1.14. The molecule has 1 amide bonds. The Morgan fingerprint density at radius 1 is 1.38 bits per heavy atom. The molecule has 0 unspecified atom stereocenters. The van der Waals surface area contributed by atoms with Crippen molar-refractivity contribution in [3.63, 3.8) is 0 Å². The summed E-state index contributed by atoms with van der Waals surface area (Å²) in [4.78, 5) is 18.4. The smallest absolute Gasteiger partial charge is 0.227 e. The van der Waals surface area contributed by atoms with Gasteiger partial charge in [-0.05, 0) is 31.5 Å². The first-order valence-corrected chi connectivity index (χ1v) is 8.21. The molecule has 1 saturated heterocycles. The molecule has 1 fully saturated rings. The molecule has 3 rings (SSSR count). The molecule has 6 nitrogen and oxygen atoms in total. The summed E-state index contributed by atoms with van der Waals surface area (Å²) >= 11 is 0. The first-order chi connectivity index (χ1) is 11.6. The Bertz CT molecular complexity index is 708. The number of carbonyl (C=O) groups excluding carboxylic acids is 1. The SMILES string of the molecule is Cc1ccc(-c2noc(CCC(=O)N3CCCNCC3)n2)cc1F. The molecule has 2 aromatic rings. The predicted octanol–water partition coefficient (Wildman–Crippen LogP) is 1.94. The van der Waals surface area contributed by atoms with Gasteiger partial charge in [0.1, 0.15) is 5.82 Å². The summed E-state index contributed by atoms with van der Waals surface area (Å²) < 4.78 is 18.8. The molecule has 1 aliphatic rings. The van der Waals surface area contributed by atoms with Gasteiger partial charge in [-0.2, -0.15) is 4.98 Å². The van der Waals surface area contributed by atoms with E-state index in [0.29, 0.717) is 35.7 Å². The molecule has 128 valence electrons. The van der Waals surface area contributed by atoms with Gasteiger partial charge in [0.25, 0.3) is 0 Å². The van der Waals surface area contributed by atoms with Crippen LogP contribution in [0.1, 0.15) is 24.3 Å². The van der Waals surface area contributed by atoms with E-state index < -0.39 is 0 Å². The van der Waals surface area contributed by atoms with E-state index in [9.17, 15) is 9.18 Å². The molecule has 0 aliphatic carbocycles. The minimum atomic E-state index is -0.302. The van der Waals surface area contributed by atoms with E-state index in [-0.39, 0.29) is 11.7 Å². The van der Waals surface area contributed by atoms with Crippen molar-refractivity contribution >= 4 is 5.91 Å². The van der Waals surface area contributed by atoms with Crippen molar-refractivity contribution in [3.8, 4) is 11.4 Å². The Morgan fingerprint density at radius 3 is 3.08 bits per heavy atom. The Morgan fingerprint density at radius 2 is 2.25 bits per heavy atom. The van der Waals surface area contributed by atoms with Gasteiger partial charge in [-0.25, -0.2) is 4.39 Å². The largest absolute Gasteiger partial charge is 0.341 e. The standard InChI is InChI=1S/C17H21FN4O2/c1-12-3-4-13(11-14(12)18)17-20-15(24-21-17)5-6-16(23)22-9-2-7-19-8-10-22/h3-4,11,19H,2,5-10H2,1H3. The van der Waals surface area contributed by atoms with Crippen molar-refractivity contribution < 1.29 is 13.7 Å². The Balaban J connectivity index is 1.59. The van der Waals surface area contributed by atoms with E-state index in [1.54, 1.807) is 19.1 Å². The van der Waals surface area contributed by atoms with Gasteiger partial charge < -0.3 is 14.7 Å². The number of hydrogen-bond donors (Lipinski definition) is 1. The van der Waals surface area contributed by atoms with Crippen LogP contribution < -0.4 is 5.32 Å². The minimum Gasteiger partial charge on any atom is -0.341 e. The molecule has 7 heteroatoms. The van der Waals surface area contributed by atoms with Crippen molar-refractivity contribution in [2.24, 2.45) is 0 Å². The topological polar surface area (TPSA) is 71.3 Å². The van der Waals surface area contributed by atoms with Crippen molar-refractivity contribution in [2.45, 2.75) is 26.2 Å². The van der Waals surface area contributed by atoms with E-state index in [4.69, 9.17) is 4.52 Å². The van der Waals surface area contributed by atoms with E-state index in [1.807, 2.05) is 4.90 Å². The maximum absolute atomic E-state index is 13.6. The number of hydrogen-bond acceptors (Lipinski definition) is 5. The average Bonchev–Trinajstić information content (AvgIpc) is 2.88. The van der Waals surface area contributed by atoms with Gasteiger partial charge >= 0.3 is 0 Å². The Labute approximate surface area is 140 Å². The van der Waals surface area contributed by atoms with E-state index >= 15 is 0 Å². The van der Waals surface area contributed by atoms with Crippen LogP contribution in [0.5, 0.6) is 0 Å². The molecule has 1 aromatic carbocycles. The van der Waals surface area contributed by atoms with Crippen molar-refractivity contribution in [1.82, 2.24) is 20.4 Å². The molecule has 1 aromatic heterocycles. The summed E-state index contributed by atoms with van der Waals surface area (Å²) in [5.74, 6) is 0.534. The highest BCUT2D eigenvalue weighted by Gasteiger charge is 2.17. The Hall–Kier alpha value is -2.28. The van der Waals surface area contributed by atoms with Crippen LogP contribution in [-0.4, -0.2) is 47.1 Å². The molecule has 1 aliphatic heterocycles. The lowest BCUT2D eigenvalue weighted by molar-refractivity contribution is -0.131. The minimum absolute atomic E-state index is 0.0971. The van der Waals surface area contributed by atoms with Crippen molar-refractivity contribution in [2.75, 3.05) is 26.2 Å². The van der Waals surface area contributed by atoms with Gasteiger partial charge in [-0.15, -0.1) is 0 Å². The lowest BCUT2D eigenvalue weighted by atomic mass is 10.1. The number of aryl methyl sites for hydroxylation is 2. The zero-order chi connectivity index (χ0) is 16.9. The number of benzene rings is 1. The summed E-state index contributed by atoms with van der Waals surface area (Å²) in [6, 6.07) is 4.82. The van der Waals surface area contributed by atoms with Gasteiger partial charge in [0.15, 0.2) is 0 Å². The monoisotopic (exact) mass is 332 g/mol. The van der Waals surface area contributed by atoms with Crippen LogP contribution in [0, 0.1) is 12.7 Å². The van der Waals surface area contributed by atoms with E-state index in [1.165, 1.54) is 6.07 Å². The summed E-state index contributed by atoms with van der Waals surface area (Å²) in [7, 11) is 0. The quantitative estimate of drug-likeness (QED) is 0.926. The van der Waals surface area contributed by atoms with Crippen LogP contribution in [0.2, 0.25) is 0 Å². The third-order valence-electron chi connectivity index (χ3n) is 4.14. The summed E-state index contributed by atoms with van der Waals surface area (Å²) in [6.07, 6.45) is 1.70. The molecule has 0 radical (unpaired) electrons. The average molecular weight is 332 g/mol. The zero-order valence-corrected chi connectivity index (χ0v) is 13.7. The van der Waals surface area contributed by atoms with Crippen LogP contribution in [0.25, 0.3) is 11.4 Å². The second-order valence-electron chi connectivity index (χ2n) is 5.96. The molecule has 2 heterocycles. The molecule has 24 heavy (non-hydrogen) atoms. The second-order valence-corrected chi connectivity index (χ2v) is 5.96. The number of nitrogens with zero attached hydrogens (tertiary/aromatic N) is 3. The summed E-state index contributed by atoms with van der Waals surface area (Å²) in [5, 5.41) is 7.15. The fraction of sp³-hybridized carbons (Fsp3) is 0.471. The van der Waals surface area contributed by atoms with E-state index in [2.05, 4.69) is 15.5 Å². The number of nitrogens with one attached hydrogen (secondary N) is 1. The maximum atomic E-state index is 13.6. The van der Waals surface area contributed by atoms with Gasteiger partial charge in [0.05, 0.1) is 0 Å². The van der Waals surface area contributed by atoms with Gasteiger partial charge in [0.2, 0.25) is 17.6 Å². The maximum Gasteiger partial charge on any atom is 0.227 e. The highest BCUT2D eigenvalue weighted by atomic mass is 19.1.